The van der Waals surface area contributed by atoms with Crippen molar-refractivity contribution in [2.24, 2.45) is 0 Å². The summed E-state index contributed by atoms with van der Waals surface area (Å²) in [5, 5.41) is 5.20. The summed E-state index contributed by atoms with van der Waals surface area (Å²) < 4.78 is 7.36. The Morgan fingerprint density at radius 3 is 2.75 bits per heavy atom. The normalized spacial score (nSPS) is 10.4. The lowest BCUT2D eigenvalue weighted by Gasteiger charge is -2.13. The molecular formula is C16H14ClN5OS. The second-order valence-corrected chi connectivity index (χ2v) is 5.72. The number of thiophene rings is 1. The van der Waals surface area contributed by atoms with Crippen LogP contribution in [-0.4, -0.2) is 26.6 Å². The smallest absolute Gasteiger partial charge is 0.237 e. The highest BCUT2D eigenvalue weighted by atomic mass is 35.5. The van der Waals surface area contributed by atoms with Gasteiger partial charge in [-0.1, -0.05) is 6.07 Å². The number of hydrogen-bond donors (Lipinski definition) is 1. The van der Waals surface area contributed by atoms with Crippen molar-refractivity contribution in [1.82, 2.24) is 19.5 Å². The van der Waals surface area contributed by atoms with E-state index in [9.17, 15) is 0 Å². The van der Waals surface area contributed by atoms with E-state index < -0.39 is 0 Å². The van der Waals surface area contributed by atoms with Crippen LogP contribution in [0.5, 0.6) is 0 Å². The Bertz CT molecular complexity index is 905. The number of hydrogen-bond acceptors (Lipinski definition) is 6. The SMILES string of the molecule is CNc1nc(-n2ccnc2)nc(-c2ccco2)c1-c1cccs1.Cl. The van der Waals surface area contributed by atoms with Crippen LogP contribution in [0.4, 0.5) is 5.82 Å². The molecule has 0 amide bonds. The Hall–Kier alpha value is -2.64. The molecule has 0 aliphatic heterocycles. The zero-order chi connectivity index (χ0) is 15.6. The van der Waals surface area contributed by atoms with E-state index in [1.807, 2.05) is 42.9 Å². The summed E-state index contributed by atoms with van der Waals surface area (Å²) in [6.45, 7) is 0. The van der Waals surface area contributed by atoms with Gasteiger partial charge >= 0.3 is 0 Å². The highest BCUT2D eigenvalue weighted by Crippen LogP contribution is 2.38. The van der Waals surface area contributed by atoms with E-state index in [0.717, 1.165) is 22.0 Å². The maximum absolute atomic E-state index is 5.59. The minimum atomic E-state index is 0. The lowest BCUT2D eigenvalue weighted by molar-refractivity contribution is 0.580. The first-order chi connectivity index (χ1) is 11.4. The van der Waals surface area contributed by atoms with Gasteiger partial charge in [0.05, 0.1) is 11.8 Å². The number of nitrogens with one attached hydrogen (secondary N) is 1. The minimum absolute atomic E-state index is 0. The van der Waals surface area contributed by atoms with Crippen LogP contribution in [-0.2, 0) is 0 Å². The molecule has 0 unspecified atom stereocenters. The molecular weight excluding hydrogens is 346 g/mol. The predicted molar refractivity (Wildman–Crippen MR) is 97.0 cm³/mol. The average molecular weight is 360 g/mol. The van der Waals surface area contributed by atoms with E-state index in [1.165, 1.54) is 0 Å². The number of furan rings is 1. The second-order valence-electron chi connectivity index (χ2n) is 4.77. The van der Waals surface area contributed by atoms with E-state index in [0.29, 0.717) is 11.7 Å². The molecule has 4 aromatic rings. The monoisotopic (exact) mass is 359 g/mol. The third-order valence-electron chi connectivity index (χ3n) is 3.39. The Kier molecular flexibility index (Phi) is 4.64. The number of rotatable bonds is 4. The van der Waals surface area contributed by atoms with Crippen LogP contribution in [0, 0.1) is 0 Å². The summed E-state index contributed by atoms with van der Waals surface area (Å²) in [6.07, 6.45) is 6.82. The summed E-state index contributed by atoms with van der Waals surface area (Å²) in [4.78, 5) is 14.5. The fourth-order valence-electron chi connectivity index (χ4n) is 2.37. The topological polar surface area (TPSA) is 68.8 Å². The zero-order valence-corrected chi connectivity index (χ0v) is 14.3. The molecule has 4 rings (SSSR count). The molecule has 0 bridgehead atoms. The Morgan fingerprint density at radius 1 is 1.21 bits per heavy atom. The van der Waals surface area contributed by atoms with Gasteiger partial charge in [0.25, 0.3) is 0 Å². The number of halogens is 1. The van der Waals surface area contributed by atoms with Gasteiger partial charge in [0.2, 0.25) is 5.95 Å². The van der Waals surface area contributed by atoms with Crippen LogP contribution in [0.3, 0.4) is 0 Å². The molecule has 24 heavy (non-hydrogen) atoms. The van der Waals surface area contributed by atoms with Crippen molar-refractivity contribution >= 4 is 29.6 Å². The largest absolute Gasteiger partial charge is 0.463 e. The minimum Gasteiger partial charge on any atom is -0.463 e. The van der Waals surface area contributed by atoms with Crippen LogP contribution < -0.4 is 5.32 Å². The first-order valence-corrected chi connectivity index (χ1v) is 7.90. The lowest BCUT2D eigenvalue weighted by Crippen LogP contribution is -2.06. The molecule has 0 fully saturated rings. The molecule has 0 aliphatic carbocycles. The summed E-state index contributed by atoms with van der Waals surface area (Å²) in [5.74, 6) is 1.99. The molecule has 0 saturated heterocycles. The molecule has 8 heteroatoms. The van der Waals surface area contributed by atoms with Crippen molar-refractivity contribution < 1.29 is 4.42 Å². The maximum Gasteiger partial charge on any atom is 0.237 e. The van der Waals surface area contributed by atoms with Gasteiger partial charge in [-0.2, -0.15) is 4.98 Å². The Balaban J connectivity index is 0.00000169. The van der Waals surface area contributed by atoms with Gasteiger partial charge in [-0.05, 0) is 23.6 Å². The molecule has 1 N–H and O–H groups in total. The first-order valence-electron chi connectivity index (χ1n) is 7.02. The summed E-state index contributed by atoms with van der Waals surface area (Å²) in [7, 11) is 1.85. The quantitative estimate of drug-likeness (QED) is 0.593. The Labute approximate surface area is 148 Å². The van der Waals surface area contributed by atoms with E-state index >= 15 is 0 Å². The van der Waals surface area contributed by atoms with E-state index in [2.05, 4.69) is 15.3 Å². The third kappa shape index (κ3) is 2.79. The lowest BCUT2D eigenvalue weighted by atomic mass is 10.1. The molecule has 0 aliphatic rings. The van der Waals surface area contributed by atoms with Crippen LogP contribution >= 0.6 is 23.7 Å². The van der Waals surface area contributed by atoms with Crippen molar-refractivity contribution in [3.05, 3.63) is 54.6 Å². The molecule has 0 atom stereocenters. The highest BCUT2D eigenvalue weighted by Gasteiger charge is 2.20. The van der Waals surface area contributed by atoms with Crippen LogP contribution in [0.15, 0.2) is 59.0 Å². The van der Waals surface area contributed by atoms with E-state index in [-0.39, 0.29) is 12.4 Å². The standard InChI is InChI=1S/C16H13N5OS.ClH/c1-17-15-13(12-5-3-9-23-12)14(11-4-2-8-22-11)19-16(20-15)21-7-6-18-10-21;/h2-10H,1H3,(H,17,19,20);1H. The van der Waals surface area contributed by atoms with Crippen LogP contribution in [0.1, 0.15) is 0 Å². The molecule has 0 aromatic carbocycles. The van der Waals surface area contributed by atoms with E-state index in [4.69, 9.17) is 9.40 Å². The summed E-state index contributed by atoms with van der Waals surface area (Å²) in [6, 6.07) is 7.81. The van der Waals surface area contributed by atoms with Gasteiger partial charge in [-0.15, -0.1) is 23.7 Å². The van der Waals surface area contributed by atoms with Crippen LogP contribution in [0.25, 0.3) is 27.8 Å². The van der Waals surface area contributed by atoms with Crippen LogP contribution in [0.2, 0.25) is 0 Å². The number of anilines is 1. The maximum atomic E-state index is 5.59. The first kappa shape index (κ1) is 16.2. The molecule has 4 heterocycles. The highest BCUT2D eigenvalue weighted by molar-refractivity contribution is 7.13. The van der Waals surface area contributed by atoms with Crippen molar-refractivity contribution in [3.63, 3.8) is 0 Å². The fraction of sp³-hybridized carbons (Fsp3) is 0.0625. The fourth-order valence-corrected chi connectivity index (χ4v) is 3.14. The zero-order valence-electron chi connectivity index (χ0n) is 12.7. The van der Waals surface area contributed by atoms with Crippen molar-refractivity contribution in [2.75, 3.05) is 12.4 Å². The molecule has 4 aromatic heterocycles. The molecule has 0 saturated carbocycles. The van der Waals surface area contributed by atoms with Crippen molar-refractivity contribution in [2.45, 2.75) is 0 Å². The molecule has 0 spiro atoms. The Morgan fingerprint density at radius 2 is 2.12 bits per heavy atom. The van der Waals surface area contributed by atoms with Gasteiger partial charge in [-0.3, -0.25) is 4.57 Å². The predicted octanol–water partition coefficient (Wildman–Crippen LogP) is 4.11. The van der Waals surface area contributed by atoms with Gasteiger partial charge in [0, 0.05) is 24.3 Å². The van der Waals surface area contributed by atoms with E-state index in [1.54, 1.807) is 34.7 Å². The van der Waals surface area contributed by atoms with Crippen molar-refractivity contribution in [1.29, 1.82) is 0 Å². The van der Waals surface area contributed by atoms with Gasteiger partial charge in [-0.25, -0.2) is 9.97 Å². The summed E-state index contributed by atoms with van der Waals surface area (Å²) >= 11 is 1.64. The number of nitrogens with zero attached hydrogens (tertiary/aromatic N) is 4. The number of aromatic nitrogens is 4. The van der Waals surface area contributed by atoms with Gasteiger partial charge in [0.1, 0.15) is 17.8 Å². The average Bonchev–Trinajstić information content (AvgIpc) is 3.36. The molecule has 0 radical (unpaired) electrons. The van der Waals surface area contributed by atoms with Gasteiger partial charge < -0.3 is 9.73 Å². The molecule has 122 valence electrons. The number of imidazole rings is 1. The van der Waals surface area contributed by atoms with Gasteiger partial charge in [0.15, 0.2) is 5.76 Å². The third-order valence-corrected chi connectivity index (χ3v) is 4.28. The van der Waals surface area contributed by atoms with Crippen molar-refractivity contribution in [3.8, 4) is 27.8 Å². The summed E-state index contributed by atoms with van der Waals surface area (Å²) in [5.41, 5.74) is 1.68. The molecule has 6 nitrogen and oxygen atoms in total. The second kappa shape index (κ2) is 6.86.